The number of hydrogen-bond acceptors (Lipinski definition) is 4. The Morgan fingerprint density at radius 2 is 2.25 bits per heavy atom. The van der Waals surface area contributed by atoms with Crippen LogP contribution in [0.25, 0.3) is 0 Å². The molecule has 0 aliphatic carbocycles. The number of carbonyl (C=O) groups excluding carboxylic acids is 3. The van der Waals surface area contributed by atoms with Crippen molar-refractivity contribution in [3.8, 4) is 0 Å². The first-order chi connectivity index (χ1) is 11.4. The van der Waals surface area contributed by atoms with E-state index in [0.717, 1.165) is 30.1 Å². The van der Waals surface area contributed by atoms with Crippen molar-refractivity contribution in [1.29, 1.82) is 0 Å². The smallest absolute Gasteiger partial charge is 0.344 e. The van der Waals surface area contributed by atoms with E-state index in [9.17, 15) is 14.4 Å². The highest BCUT2D eigenvalue weighted by atomic mass is 16.2. The average molecular weight is 333 g/mol. The summed E-state index contributed by atoms with van der Waals surface area (Å²) in [5.41, 5.74) is 2.57. The molecule has 3 N–H and O–H groups in total. The van der Waals surface area contributed by atoms with Crippen molar-refractivity contribution >= 4 is 17.8 Å². The third-order valence-corrected chi connectivity index (χ3v) is 4.90. The Labute approximate surface area is 140 Å². The molecule has 0 saturated carbocycles. The minimum Gasteiger partial charge on any atom is -0.364 e. The Kier molecular flexibility index (Phi) is 4.31. The molecule has 2 aliphatic heterocycles. The van der Waals surface area contributed by atoms with Crippen molar-refractivity contribution in [2.75, 3.05) is 13.1 Å². The monoisotopic (exact) mass is 333 g/mol. The molecule has 2 aliphatic rings. The molecular weight excluding hydrogens is 310 g/mol. The minimum absolute atomic E-state index is 0.142. The van der Waals surface area contributed by atoms with Gasteiger partial charge in [0.05, 0.1) is 12.6 Å². The normalized spacial score (nSPS) is 27.6. The Balaban J connectivity index is 1.62. The van der Waals surface area contributed by atoms with E-state index in [1.165, 1.54) is 0 Å². The number of carbonyl (C=O) groups is 3. The number of rotatable bonds is 5. The van der Waals surface area contributed by atoms with Crippen molar-refractivity contribution < 1.29 is 14.4 Å². The zero-order chi connectivity index (χ0) is 17.3. The quantitative estimate of drug-likeness (QED) is 0.698. The number of hydrazine groups is 1. The number of hydrogen-bond donors (Lipinski definition) is 3. The van der Waals surface area contributed by atoms with Crippen LogP contribution in [0, 0.1) is 0 Å². The molecule has 3 rings (SSSR count). The van der Waals surface area contributed by atoms with E-state index in [1.807, 2.05) is 25.3 Å². The lowest BCUT2D eigenvalue weighted by molar-refractivity contribution is -0.139. The maximum Gasteiger partial charge on any atom is 0.344 e. The average Bonchev–Trinajstić information content (AvgIpc) is 3.25. The summed E-state index contributed by atoms with van der Waals surface area (Å²) in [6, 6.07) is 3.52. The van der Waals surface area contributed by atoms with E-state index in [0.29, 0.717) is 6.42 Å². The highest BCUT2D eigenvalue weighted by molar-refractivity contribution is 6.07. The van der Waals surface area contributed by atoms with Crippen LogP contribution in [0.2, 0.25) is 0 Å². The van der Waals surface area contributed by atoms with Gasteiger partial charge in [-0.05, 0) is 44.9 Å². The maximum atomic E-state index is 12.3. The Bertz CT molecular complexity index is 644. The van der Waals surface area contributed by atoms with Crippen LogP contribution in [0.1, 0.15) is 44.8 Å². The fourth-order valence-electron chi connectivity index (χ4n) is 3.29. The molecule has 24 heavy (non-hydrogen) atoms. The van der Waals surface area contributed by atoms with Crippen LogP contribution in [-0.4, -0.2) is 51.4 Å². The summed E-state index contributed by atoms with van der Waals surface area (Å²) in [6.45, 7) is 4.42. The Hall–Kier alpha value is -2.35. The van der Waals surface area contributed by atoms with E-state index >= 15 is 0 Å². The molecule has 130 valence electrons. The Morgan fingerprint density at radius 3 is 2.88 bits per heavy atom. The van der Waals surface area contributed by atoms with Gasteiger partial charge in [-0.1, -0.05) is 6.92 Å². The molecule has 0 radical (unpaired) electrons. The van der Waals surface area contributed by atoms with Crippen LogP contribution >= 0.6 is 0 Å². The van der Waals surface area contributed by atoms with Crippen LogP contribution in [0.3, 0.4) is 0 Å². The summed E-state index contributed by atoms with van der Waals surface area (Å²) in [5.74, 6) is -0.789. The van der Waals surface area contributed by atoms with Gasteiger partial charge >= 0.3 is 6.03 Å². The maximum absolute atomic E-state index is 12.3. The second-order valence-corrected chi connectivity index (χ2v) is 6.55. The lowest BCUT2D eigenvalue weighted by Crippen LogP contribution is -2.51. The first-order valence-electron chi connectivity index (χ1n) is 8.28. The first-order valence-corrected chi connectivity index (χ1v) is 8.28. The first kappa shape index (κ1) is 16.5. The summed E-state index contributed by atoms with van der Waals surface area (Å²) in [4.78, 5) is 41.8. The molecule has 1 aromatic heterocycles. The lowest BCUT2D eigenvalue weighted by Gasteiger charge is -2.24. The van der Waals surface area contributed by atoms with Gasteiger partial charge in [-0.15, -0.1) is 0 Å². The predicted molar refractivity (Wildman–Crippen MR) is 86.6 cm³/mol. The SMILES string of the molecule is CCC1(C)NC(=O)N(NC(=O)CN2CCCC2c2ccc[nH]2)C1=O. The number of likely N-dealkylation sites (tertiary alicyclic amines) is 1. The molecule has 3 heterocycles. The van der Waals surface area contributed by atoms with Gasteiger partial charge in [-0.3, -0.25) is 19.9 Å². The molecule has 2 saturated heterocycles. The molecule has 0 aromatic carbocycles. The van der Waals surface area contributed by atoms with Gasteiger partial charge < -0.3 is 10.3 Å². The molecule has 1 aromatic rings. The molecule has 2 fully saturated rings. The second-order valence-electron chi connectivity index (χ2n) is 6.55. The highest BCUT2D eigenvalue weighted by Crippen LogP contribution is 2.30. The van der Waals surface area contributed by atoms with Gasteiger partial charge in [0, 0.05) is 11.9 Å². The van der Waals surface area contributed by atoms with Crippen molar-refractivity contribution in [2.24, 2.45) is 0 Å². The molecule has 8 heteroatoms. The topological polar surface area (TPSA) is 97.5 Å². The number of urea groups is 1. The largest absolute Gasteiger partial charge is 0.364 e. The van der Waals surface area contributed by atoms with E-state index < -0.39 is 17.5 Å². The summed E-state index contributed by atoms with van der Waals surface area (Å²) in [7, 11) is 0. The standard InChI is InChI=1S/C16H23N5O3/c1-3-16(2)14(23)21(15(24)18-16)19-13(22)10-20-9-5-7-12(20)11-6-4-8-17-11/h4,6,8,12,17H,3,5,7,9-10H2,1-2H3,(H,18,24)(H,19,22). The molecule has 2 unspecified atom stereocenters. The number of aromatic amines is 1. The van der Waals surface area contributed by atoms with E-state index in [-0.39, 0.29) is 18.5 Å². The van der Waals surface area contributed by atoms with Crippen molar-refractivity contribution in [3.05, 3.63) is 24.0 Å². The highest BCUT2D eigenvalue weighted by Gasteiger charge is 2.47. The summed E-state index contributed by atoms with van der Waals surface area (Å²) >= 11 is 0. The zero-order valence-corrected chi connectivity index (χ0v) is 14.0. The van der Waals surface area contributed by atoms with Gasteiger partial charge in [-0.2, -0.15) is 5.01 Å². The van der Waals surface area contributed by atoms with Crippen LogP contribution in [0.5, 0.6) is 0 Å². The second kappa shape index (κ2) is 6.27. The van der Waals surface area contributed by atoms with Crippen LogP contribution in [0.15, 0.2) is 18.3 Å². The number of H-pyrrole nitrogens is 1. The van der Waals surface area contributed by atoms with Crippen LogP contribution in [0.4, 0.5) is 4.79 Å². The predicted octanol–water partition coefficient (Wildman–Crippen LogP) is 0.903. The van der Waals surface area contributed by atoms with Crippen LogP contribution in [-0.2, 0) is 9.59 Å². The minimum atomic E-state index is -0.954. The fourth-order valence-corrected chi connectivity index (χ4v) is 3.29. The Morgan fingerprint density at radius 1 is 1.46 bits per heavy atom. The fraction of sp³-hybridized carbons (Fsp3) is 0.562. The van der Waals surface area contributed by atoms with Gasteiger partial charge in [0.15, 0.2) is 0 Å². The summed E-state index contributed by atoms with van der Waals surface area (Å²) in [6.07, 6.45) is 4.31. The number of imide groups is 1. The summed E-state index contributed by atoms with van der Waals surface area (Å²) < 4.78 is 0. The third-order valence-electron chi connectivity index (χ3n) is 4.90. The number of nitrogens with zero attached hydrogens (tertiary/aromatic N) is 2. The van der Waals surface area contributed by atoms with Crippen molar-refractivity contribution in [1.82, 2.24) is 25.6 Å². The van der Waals surface area contributed by atoms with Crippen molar-refractivity contribution in [2.45, 2.75) is 44.7 Å². The van der Waals surface area contributed by atoms with E-state index in [4.69, 9.17) is 0 Å². The van der Waals surface area contributed by atoms with Gasteiger partial charge in [0.1, 0.15) is 5.54 Å². The van der Waals surface area contributed by atoms with Crippen LogP contribution < -0.4 is 10.7 Å². The number of amides is 4. The molecule has 0 spiro atoms. The zero-order valence-electron chi connectivity index (χ0n) is 14.0. The van der Waals surface area contributed by atoms with Gasteiger partial charge in [0.2, 0.25) is 0 Å². The third kappa shape index (κ3) is 2.89. The molecule has 2 atom stereocenters. The molecule has 4 amide bonds. The van der Waals surface area contributed by atoms with Gasteiger partial charge in [-0.25, -0.2) is 4.79 Å². The van der Waals surface area contributed by atoms with E-state index in [2.05, 4.69) is 20.6 Å². The van der Waals surface area contributed by atoms with Gasteiger partial charge in [0.25, 0.3) is 11.8 Å². The number of nitrogens with one attached hydrogen (secondary N) is 3. The van der Waals surface area contributed by atoms with E-state index in [1.54, 1.807) is 6.92 Å². The number of aromatic nitrogens is 1. The molecule has 0 bridgehead atoms. The summed E-state index contributed by atoms with van der Waals surface area (Å²) in [5, 5.41) is 3.41. The molecule has 8 nitrogen and oxygen atoms in total. The molecular formula is C16H23N5O3. The lowest BCUT2D eigenvalue weighted by atomic mass is 10.00. The van der Waals surface area contributed by atoms with Crippen molar-refractivity contribution in [3.63, 3.8) is 0 Å².